The minimum Gasteiger partial charge on any atom is -0.377 e. The summed E-state index contributed by atoms with van der Waals surface area (Å²) < 4.78 is 5.52. The maximum absolute atomic E-state index is 12.8. The Hall–Kier alpha value is -2.48. The van der Waals surface area contributed by atoms with E-state index in [1.807, 2.05) is 21.0 Å². The van der Waals surface area contributed by atoms with Crippen molar-refractivity contribution in [2.24, 2.45) is 0 Å². The van der Waals surface area contributed by atoms with Crippen molar-refractivity contribution in [2.45, 2.75) is 13.0 Å². The first-order valence-corrected chi connectivity index (χ1v) is 7.46. The molecule has 1 amide bonds. The van der Waals surface area contributed by atoms with Gasteiger partial charge >= 0.3 is 0 Å². The topological polar surface area (TPSA) is 87.2 Å². The van der Waals surface area contributed by atoms with E-state index in [4.69, 9.17) is 4.74 Å². The van der Waals surface area contributed by atoms with Gasteiger partial charge in [0.2, 0.25) is 5.95 Å². The van der Waals surface area contributed by atoms with E-state index in [9.17, 15) is 4.79 Å². The predicted octanol–water partition coefficient (Wildman–Crippen LogP) is 0.788. The summed E-state index contributed by atoms with van der Waals surface area (Å²) >= 11 is 0. The largest absolute Gasteiger partial charge is 0.377 e. The molecule has 0 bridgehead atoms. The number of carbonyl (C=O) groups is 1. The van der Waals surface area contributed by atoms with Crippen LogP contribution in [0.15, 0.2) is 18.6 Å². The highest BCUT2D eigenvalue weighted by Crippen LogP contribution is 2.23. The normalized spacial score (nSPS) is 18.0. The summed E-state index contributed by atoms with van der Waals surface area (Å²) in [5.74, 6) is 1.20. The number of aromatic amines is 1. The van der Waals surface area contributed by atoms with E-state index in [1.165, 1.54) is 0 Å². The third kappa shape index (κ3) is 3.16. The zero-order chi connectivity index (χ0) is 16.4. The quantitative estimate of drug-likeness (QED) is 0.901. The molecule has 0 aromatic carbocycles. The summed E-state index contributed by atoms with van der Waals surface area (Å²) in [5.41, 5.74) is 1.42. The van der Waals surface area contributed by atoms with E-state index in [-0.39, 0.29) is 11.9 Å². The van der Waals surface area contributed by atoms with Crippen LogP contribution in [-0.4, -0.2) is 64.6 Å². The number of anilines is 1. The number of rotatable bonds is 3. The Labute approximate surface area is 134 Å². The lowest BCUT2D eigenvalue weighted by atomic mass is 10.1. The summed E-state index contributed by atoms with van der Waals surface area (Å²) in [7, 11) is 3.71. The smallest absolute Gasteiger partial charge is 0.257 e. The molecule has 8 heteroatoms. The molecular weight excluding hydrogens is 296 g/mol. The molecule has 0 radical (unpaired) electrons. The number of morpholine rings is 1. The lowest BCUT2D eigenvalue weighted by Crippen LogP contribution is -2.44. The SMILES string of the molecule is Cc1cnc([C@H]2COCCN2C(=O)c2cnc(N(C)C)nc2)[nH]1. The van der Waals surface area contributed by atoms with Crippen LogP contribution in [0.3, 0.4) is 0 Å². The van der Waals surface area contributed by atoms with Gasteiger partial charge in [-0.25, -0.2) is 15.0 Å². The fourth-order valence-electron chi connectivity index (χ4n) is 2.50. The number of amides is 1. The molecular formula is C15H20N6O2. The summed E-state index contributed by atoms with van der Waals surface area (Å²) in [6.45, 7) is 3.38. The van der Waals surface area contributed by atoms with Gasteiger partial charge in [-0.1, -0.05) is 0 Å². The molecule has 1 N–H and O–H groups in total. The standard InChI is InChI=1S/C15H20N6O2/c1-10-6-16-13(19-10)12-9-23-5-4-21(12)14(22)11-7-17-15(18-8-11)20(2)3/h6-8,12H,4-5,9H2,1-3H3,(H,16,19)/t12-/m1/s1. The van der Waals surface area contributed by atoms with Crippen LogP contribution in [-0.2, 0) is 4.74 Å². The van der Waals surface area contributed by atoms with Gasteiger partial charge < -0.3 is 19.5 Å². The van der Waals surface area contributed by atoms with Crippen molar-refractivity contribution in [3.63, 3.8) is 0 Å². The monoisotopic (exact) mass is 316 g/mol. The maximum atomic E-state index is 12.8. The van der Waals surface area contributed by atoms with Crippen molar-refractivity contribution < 1.29 is 9.53 Å². The lowest BCUT2D eigenvalue weighted by Gasteiger charge is -2.34. The lowest BCUT2D eigenvalue weighted by molar-refractivity contribution is -0.00505. The Morgan fingerprint density at radius 1 is 1.30 bits per heavy atom. The molecule has 0 aliphatic carbocycles. The van der Waals surface area contributed by atoms with E-state index in [0.29, 0.717) is 31.3 Å². The molecule has 1 fully saturated rings. The number of nitrogens with zero attached hydrogens (tertiary/aromatic N) is 5. The third-order valence-electron chi connectivity index (χ3n) is 3.71. The minimum absolute atomic E-state index is 0.113. The van der Waals surface area contributed by atoms with Crippen molar-refractivity contribution >= 4 is 11.9 Å². The van der Waals surface area contributed by atoms with Crippen LogP contribution >= 0.6 is 0 Å². The number of aromatic nitrogens is 4. The van der Waals surface area contributed by atoms with E-state index < -0.39 is 0 Å². The zero-order valence-electron chi connectivity index (χ0n) is 13.5. The van der Waals surface area contributed by atoms with Gasteiger partial charge in [-0.15, -0.1) is 0 Å². The van der Waals surface area contributed by atoms with Crippen molar-refractivity contribution in [2.75, 3.05) is 38.8 Å². The van der Waals surface area contributed by atoms with Gasteiger partial charge in [0.25, 0.3) is 5.91 Å². The van der Waals surface area contributed by atoms with Crippen LogP contribution in [0.25, 0.3) is 0 Å². The second kappa shape index (κ2) is 6.33. The number of nitrogens with one attached hydrogen (secondary N) is 1. The molecule has 1 atom stereocenters. The number of aryl methyl sites for hydroxylation is 1. The number of H-pyrrole nitrogens is 1. The summed E-state index contributed by atoms with van der Waals surface area (Å²) in [6, 6.07) is -0.224. The molecule has 3 heterocycles. The van der Waals surface area contributed by atoms with Crippen LogP contribution in [0.5, 0.6) is 0 Å². The fraction of sp³-hybridized carbons (Fsp3) is 0.467. The summed E-state index contributed by atoms with van der Waals surface area (Å²) in [6.07, 6.45) is 4.87. The van der Waals surface area contributed by atoms with Crippen LogP contribution in [0, 0.1) is 6.92 Å². The van der Waals surface area contributed by atoms with Gasteiger partial charge in [-0.2, -0.15) is 0 Å². The molecule has 1 saturated heterocycles. The highest BCUT2D eigenvalue weighted by molar-refractivity contribution is 5.94. The second-order valence-electron chi connectivity index (χ2n) is 5.71. The van der Waals surface area contributed by atoms with Gasteiger partial charge in [0.1, 0.15) is 11.9 Å². The molecule has 122 valence electrons. The molecule has 0 unspecified atom stereocenters. The fourth-order valence-corrected chi connectivity index (χ4v) is 2.50. The van der Waals surface area contributed by atoms with Gasteiger partial charge in [0.05, 0.1) is 18.8 Å². The Kier molecular flexibility index (Phi) is 4.24. The van der Waals surface area contributed by atoms with E-state index in [1.54, 1.807) is 28.4 Å². The van der Waals surface area contributed by atoms with Gasteiger partial charge in [0.15, 0.2) is 0 Å². The zero-order valence-corrected chi connectivity index (χ0v) is 13.5. The van der Waals surface area contributed by atoms with Gasteiger partial charge in [0, 0.05) is 44.9 Å². The van der Waals surface area contributed by atoms with Crippen molar-refractivity contribution in [1.82, 2.24) is 24.8 Å². The number of hydrogen-bond acceptors (Lipinski definition) is 6. The molecule has 1 aliphatic heterocycles. The predicted molar refractivity (Wildman–Crippen MR) is 84.3 cm³/mol. The molecule has 0 saturated carbocycles. The van der Waals surface area contributed by atoms with Crippen molar-refractivity contribution in [3.8, 4) is 0 Å². The molecule has 2 aromatic rings. The van der Waals surface area contributed by atoms with Crippen LogP contribution in [0.1, 0.15) is 27.9 Å². The van der Waals surface area contributed by atoms with Crippen LogP contribution < -0.4 is 4.90 Å². The average molecular weight is 316 g/mol. The Bertz CT molecular complexity index is 682. The number of ether oxygens (including phenoxy) is 1. The Morgan fingerprint density at radius 2 is 2.04 bits per heavy atom. The minimum atomic E-state index is -0.224. The maximum Gasteiger partial charge on any atom is 0.257 e. The van der Waals surface area contributed by atoms with Crippen molar-refractivity contribution in [3.05, 3.63) is 35.7 Å². The summed E-state index contributed by atoms with van der Waals surface area (Å²) in [4.78, 5) is 32.3. The Morgan fingerprint density at radius 3 is 2.65 bits per heavy atom. The first-order valence-electron chi connectivity index (χ1n) is 7.46. The molecule has 2 aromatic heterocycles. The number of hydrogen-bond donors (Lipinski definition) is 1. The van der Waals surface area contributed by atoms with E-state index >= 15 is 0 Å². The van der Waals surface area contributed by atoms with E-state index in [0.717, 1.165) is 11.5 Å². The first-order chi connectivity index (χ1) is 11.1. The third-order valence-corrected chi connectivity index (χ3v) is 3.71. The van der Waals surface area contributed by atoms with Crippen LogP contribution in [0.2, 0.25) is 0 Å². The second-order valence-corrected chi connectivity index (χ2v) is 5.71. The first kappa shape index (κ1) is 15.4. The van der Waals surface area contributed by atoms with Gasteiger partial charge in [-0.3, -0.25) is 4.79 Å². The number of imidazole rings is 1. The van der Waals surface area contributed by atoms with E-state index in [2.05, 4.69) is 19.9 Å². The van der Waals surface area contributed by atoms with Gasteiger partial charge in [-0.05, 0) is 6.92 Å². The average Bonchev–Trinajstić information content (AvgIpc) is 3.00. The highest BCUT2D eigenvalue weighted by atomic mass is 16.5. The summed E-state index contributed by atoms with van der Waals surface area (Å²) in [5, 5.41) is 0. The molecule has 1 aliphatic rings. The van der Waals surface area contributed by atoms with Crippen molar-refractivity contribution in [1.29, 1.82) is 0 Å². The highest BCUT2D eigenvalue weighted by Gasteiger charge is 2.31. The van der Waals surface area contributed by atoms with Crippen LogP contribution in [0.4, 0.5) is 5.95 Å². The molecule has 8 nitrogen and oxygen atoms in total. The Balaban J connectivity index is 1.83. The molecule has 0 spiro atoms. The molecule has 3 rings (SSSR count). The molecule has 23 heavy (non-hydrogen) atoms. The number of carbonyl (C=O) groups excluding carboxylic acids is 1.